The molecule has 0 spiro atoms. The van der Waals surface area contributed by atoms with Gasteiger partial charge in [0.1, 0.15) is 5.92 Å². The van der Waals surface area contributed by atoms with Crippen LogP contribution in [0, 0.1) is 23.2 Å². The first-order chi connectivity index (χ1) is 8.36. The lowest BCUT2D eigenvalue weighted by Gasteiger charge is -2.14. The molecule has 0 aromatic heterocycles. The highest BCUT2D eigenvalue weighted by Crippen LogP contribution is 2.32. The molecule has 1 amide bonds. The molecule has 1 aromatic carbocycles. The second-order valence-electron chi connectivity index (χ2n) is 4.09. The number of hydrogen-bond acceptors (Lipinski definition) is 2. The normalized spacial score (nSPS) is 12.1. The zero-order valence-electron chi connectivity index (χ0n) is 9.80. The van der Waals surface area contributed by atoms with Gasteiger partial charge in [0.05, 0.1) is 26.8 Å². The smallest absolute Gasteiger partial charge is 0.242 e. The summed E-state index contributed by atoms with van der Waals surface area (Å²) in [6.45, 7) is 3.59. The monoisotopic (exact) mass is 304 g/mol. The van der Waals surface area contributed by atoms with Gasteiger partial charge in [-0.1, -0.05) is 48.7 Å². The van der Waals surface area contributed by atoms with Gasteiger partial charge in [-0.3, -0.25) is 4.79 Å². The van der Waals surface area contributed by atoms with Crippen LogP contribution in [0.5, 0.6) is 0 Å². The summed E-state index contributed by atoms with van der Waals surface area (Å²) >= 11 is 17.6. The molecule has 18 heavy (non-hydrogen) atoms. The molecule has 0 radical (unpaired) electrons. The summed E-state index contributed by atoms with van der Waals surface area (Å²) in [6, 6.07) is 4.85. The third-order valence-corrected chi connectivity index (χ3v) is 3.39. The highest BCUT2D eigenvalue weighted by molar-refractivity contribution is 6.44. The average Bonchev–Trinajstić information content (AvgIpc) is 2.26. The largest absolute Gasteiger partial charge is 0.324 e. The maximum atomic E-state index is 11.9. The minimum atomic E-state index is -0.740. The van der Waals surface area contributed by atoms with E-state index < -0.39 is 11.8 Å². The summed E-state index contributed by atoms with van der Waals surface area (Å²) in [4.78, 5) is 11.9. The Labute approximate surface area is 121 Å². The molecule has 0 aliphatic carbocycles. The average molecular weight is 306 g/mol. The van der Waals surface area contributed by atoms with Crippen molar-refractivity contribution in [2.75, 3.05) is 5.32 Å². The molecule has 0 aliphatic heterocycles. The van der Waals surface area contributed by atoms with Crippen LogP contribution in [0.4, 0.5) is 5.69 Å². The van der Waals surface area contributed by atoms with Crippen LogP contribution in [-0.4, -0.2) is 5.91 Å². The minimum Gasteiger partial charge on any atom is -0.324 e. The minimum absolute atomic E-state index is 0.0865. The van der Waals surface area contributed by atoms with Crippen LogP contribution in [0.1, 0.15) is 13.8 Å². The third-order valence-electron chi connectivity index (χ3n) is 2.36. The van der Waals surface area contributed by atoms with E-state index in [9.17, 15) is 4.79 Å². The van der Waals surface area contributed by atoms with Crippen LogP contribution in [0.15, 0.2) is 12.1 Å². The lowest BCUT2D eigenvalue weighted by molar-refractivity contribution is -0.119. The molecule has 6 heteroatoms. The van der Waals surface area contributed by atoms with E-state index in [-0.39, 0.29) is 16.0 Å². The first-order valence-corrected chi connectivity index (χ1v) is 6.35. The first-order valence-electron chi connectivity index (χ1n) is 5.21. The fourth-order valence-electron chi connectivity index (χ4n) is 1.34. The Morgan fingerprint density at radius 3 is 2.28 bits per heavy atom. The summed E-state index contributed by atoms with van der Waals surface area (Å²) < 4.78 is 0. The van der Waals surface area contributed by atoms with Gasteiger partial charge in [0, 0.05) is 0 Å². The Bertz CT molecular complexity index is 509. The van der Waals surface area contributed by atoms with Crippen molar-refractivity contribution in [3.63, 3.8) is 0 Å². The second kappa shape index (κ2) is 6.29. The summed E-state index contributed by atoms with van der Waals surface area (Å²) in [6.07, 6.45) is 0. The summed E-state index contributed by atoms with van der Waals surface area (Å²) in [5.41, 5.74) is 0.344. The number of nitrogens with one attached hydrogen (secondary N) is 1. The van der Waals surface area contributed by atoms with Crippen molar-refractivity contribution < 1.29 is 4.79 Å². The predicted molar refractivity (Wildman–Crippen MR) is 74.0 cm³/mol. The molecule has 1 N–H and O–H groups in total. The van der Waals surface area contributed by atoms with E-state index in [4.69, 9.17) is 40.1 Å². The standard InChI is InChI=1S/C12H11Cl3N2O/c1-6(2)7(5-16)12(18)17-11-4-9(14)8(13)3-10(11)15/h3-4,6-7H,1-2H3,(H,17,18). The summed E-state index contributed by atoms with van der Waals surface area (Å²) in [7, 11) is 0. The number of hydrogen-bond donors (Lipinski definition) is 1. The number of halogens is 3. The van der Waals surface area contributed by atoms with Gasteiger partial charge in [0.25, 0.3) is 0 Å². The fourth-order valence-corrected chi connectivity index (χ4v) is 1.93. The van der Waals surface area contributed by atoms with Gasteiger partial charge in [-0.15, -0.1) is 0 Å². The van der Waals surface area contributed by atoms with Crippen molar-refractivity contribution in [3.05, 3.63) is 27.2 Å². The molecule has 0 heterocycles. The summed E-state index contributed by atoms with van der Waals surface area (Å²) in [5.74, 6) is -1.24. The van der Waals surface area contributed by atoms with Gasteiger partial charge < -0.3 is 5.32 Å². The molecular weight excluding hydrogens is 295 g/mol. The second-order valence-corrected chi connectivity index (χ2v) is 5.31. The van der Waals surface area contributed by atoms with E-state index in [0.717, 1.165) is 0 Å². The van der Waals surface area contributed by atoms with E-state index in [1.165, 1.54) is 12.1 Å². The van der Waals surface area contributed by atoms with Crippen molar-refractivity contribution in [3.8, 4) is 6.07 Å². The maximum absolute atomic E-state index is 11.9. The number of amides is 1. The number of anilines is 1. The van der Waals surface area contributed by atoms with Crippen LogP contribution in [-0.2, 0) is 4.79 Å². The van der Waals surface area contributed by atoms with Crippen LogP contribution < -0.4 is 5.32 Å². The van der Waals surface area contributed by atoms with Gasteiger partial charge in [-0.25, -0.2) is 0 Å². The van der Waals surface area contributed by atoms with Crippen LogP contribution >= 0.6 is 34.8 Å². The molecule has 1 rings (SSSR count). The maximum Gasteiger partial charge on any atom is 0.242 e. The molecule has 1 atom stereocenters. The van der Waals surface area contributed by atoms with Gasteiger partial charge in [-0.2, -0.15) is 5.26 Å². The number of carbonyl (C=O) groups excluding carboxylic acids is 1. The number of nitriles is 1. The fraction of sp³-hybridized carbons (Fsp3) is 0.333. The lowest BCUT2D eigenvalue weighted by atomic mass is 9.96. The van der Waals surface area contributed by atoms with E-state index in [1.54, 1.807) is 13.8 Å². The SMILES string of the molecule is CC(C)C(C#N)C(=O)Nc1cc(Cl)c(Cl)cc1Cl. The van der Waals surface area contributed by atoms with E-state index in [0.29, 0.717) is 10.7 Å². The van der Waals surface area contributed by atoms with Crippen LogP contribution in [0.25, 0.3) is 0 Å². The predicted octanol–water partition coefficient (Wildman–Crippen LogP) is 4.38. The molecule has 0 saturated carbocycles. The lowest BCUT2D eigenvalue weighted by Crippen LogP contribution is -2.25. The van der Waals surface area contributed by atoms with Crippen LogP contribution in [0.3, 0.4) is 0 Å². The van der Waals surface area contributed by atoms with E-state index >= 15 is 0 Å². The zero-order chi connectivity index (χ0) is 13.9. The van der Waals surface area contributed by atoms with E-state index in [2.05, 4.69) is 5.32 Å². The highest BCUT2D eigenvalue weighted by Gasteiger charge is 2.22. The van der Waals surface area contributed by atoms with Crippen molar-refractivity contribution in [1.29, 1.82) is 5.26 Å². The molecule has 1 unspecified atom stereocenters. The van der Waals surface area contributed by atoms with Gasteiger partial charge in [0.15, 0.2) is 0 Å². The first kappa shape index (κ1) is 15.1. The number of carbonyl (C=O) groups is 1. The van der Waals surface area contributed by atoms with Gasteiger partial charge >= 0.3 is 0 Å². The Kier molecular flexibility index (Phi) is 5.28. The Balaban J connectivity index is 2.95. The van der Waals surface area contributed by atoms with E-state index in [1.807, 2.05) is 6.07 Å². The topological polar surface area (TPSA) is 52.9 Å². The molecule has 0 fully saturated rings. The molecule has 0 bridgehead atoms. The summed E-state index contributed by atoms with van der Waals surface area (Å²) in [5, 5.41) is 12.4. The highest BCUT2D eigenvalue weighted by atomic mass is 35.5. The quantitative estimate of drug-likeness (QED) is 0.842. The van der Waals surface area contributed by atoms with Crippen molar-refractivity contribution >= 4 is 46.4 Å². The number of rotatable bonds is 3. The van der Waals surface area contributed by atoms with Crippen molar-refractivity contribution in [1.82, 2.24) is 0 Å². The Morgan fingerprint density at radius 2 is 1.78 bits per heavy atom. The third kappa shape index (κ3) is 3.52. The molecule has 96 valence electrons. The molecule has 1 aromatic rings. The van der Waals surface area contributed by atoms with Gasteiger partial charge in [-0.05, 0) is 18.1 Å². The molecular formula is C12H11Cl3N2O. The molecule has 0 aliphatic rings. The molecule has 3 nitrogen and oxygen atoms in total. The number of benzene rings is 1. The van der Waals surface area contributed by atoms with Crippen LogP contribution in [0.2, 0.25) is 15.1 Å². The van der Waals surface area contributed by atoms with Gasteiger partial charge in [0.2, 0.25) is 5.91 Å². The Morgan fingerprint density at radius 1 is 1.22 bits per heavy atom. The molecule has 0 saturated heterocycles. The Hall–Kier alpha value is -0.950. The van der Waals surface area contributed by atoms with Crippen molar-refractivity contribution in [2.24, 2.45) is 11.8 Å². The zero-order valence-corrected chi connectivity index (χ0v) is 12.1. The van der Waals surface area contributed by atoms with Crippen molar-refractivity contribution in [2.45, 2.75) is 13.8 Å². The number of nitrogens with zero attached hydrogens (tertiary/aromatic N) is 1.